The highest BCUT2D eigenvalue weighted by molar-refractivity contribution is 9.08. The van der Waals surface area contributed by atoms with Crippen LogP contribution in [0.1, 0.15) is 11.1 Å². The summed E-state index contributed by atoms with van der Waals surface area (Å²) in [5.74, 6) is 1.68. The predicted octanol–water partition coefficient (Wildman–Crippen LogP) is 4.93. The lowest BCUT2D eigenvalue weighted by Crippen LogP contribution is -1.92. The van der Waals surface area contributed by atoms with Gasteiger partial charge in [0.2, 0.25) is 6.79 Å². The van der Waals surface area contributed by atoms with Gasteiger partial charge in [-0.3, -0.25) is 0 Å². The highest BCUT2D eigenvalue weighted by Crippen LogP contribution is 2.40. The Balaban J connectivity index is 2.18. The van der Waals surface area contributed by atoms with Gasteiger partial charge in [0.1, 0.15) is 0 Å². The summed E-state index contributed by atoms with van der Waals surface area (Å²) in [5.41, 5.74) is 2.56. The summed E-state index contributed by atoms with van der Waals surface area (Å²) in [4.78, 5) is 0. The van der Waals surface area contributed by atoms with Crippen molar-refractivity contribution in [2.45, 2.75) is 12.3 Å². The molecule has 1 aliphatic rings. The van der Waals surface area contributed by atoms with Crippen LogP contribution < -0.4 is 9.47 Å². The van der Waals surface area contributed by atoms with Gasteiger partial charge in [0.25, 0.3) is 0 Å². The van der Waals surface area contributed by atoms with Gasteiger partial charge in [-0.15, -0.1) is 0 Å². The van der Waals surface area contributed by atoms with E-state index in [2.05, 4.69) is 59.3 Å². The van der Waals surface area contributed by atoms with E-state index in [9.17, 15) is 0 Å². The Morgan fingerprint density at radius 3 is 2.55 bits per heavy atom. The standard InChI is InChI=1S/C17H13BrO2/c1-10-2-3-13-12(8-18)5-11-6-16-17(20-9-19-16)7-14(11)15(13)4-10/h2-7H,8-9H2,1H3. The van der Waals surface area contributed by atoms with Crippen molar-refractivity contribution >= 4 is 37.5 Å². The van der Waals surface area contributed by atoms with Crippen molar-refractivity contribution in [2.24, 2.45) is 0 Å². The van der Waals surface area contributed by atoms with E-state index in [4.69, 9.17) is 9.47 Å². The van der Waals surface area contributed by atoms with Gasteiger partial charge in [-0.2, -0.15) is 0 Å². The van der Waals surface area contributed by atoms with Crippen molar-refractivity contribution in [2.75, 3.05) is 6.79 Å². The highest BCUT2D eigenvalue weighted by Gasteiger charge is 2.16. The smallest absolute Gasteiger partial charge is 0.231 e. The molecule has 0 unspecified atom stereocenters. The van der Waals surface area contributed by atoms with Crippen molar-refractivity contribution < 1.29 is 9.47 Å². The van der Waals surface area contributed by atoms with Crippen LogP contribution in [0.25, 0.3) is 21.5 Å². The Bertz CT molecular complexity index is 839. The summed E-state index contributed by atoms with van der Waals surface area (Å²) in [6.07, 6.45) is 0. The predicted molar refractivity (Wildman–Crippen MR) is 84.9 cm³/mol. The molecule has 0 saturated carbocycles. The number of aryl methyl sites for hydroxylation is 1. The average molecular weight is 329 g/mol. The summed E-state index contributed by atoms with van der Waals surface area (Å²) < 4.78 is 11.0. The fraction of sp³-hybridized carbons (Fsp3) is 0.176. The van der Waals surface area contributed by atoms with E-state index in [1.807, 2.05) is 0 Å². The molecular weight excluding hydrogens is 316 g/mol. The normalized spacial score (nSPS) is 13.3. The number of halogens is 1. The van der Waals surface area contributed by atoms with Gasteiger partial charge in [-0.05, 0) is 52.2 Å². The molecule has 3 aromatic rings. The van der Waals surface area contributed by atoms with Crippen LogP contribution in [0.15, 0.2) is 36.4 Å². The fourth-order valence-corrected chi connectivity index (χ4v) is 3.31. The molecule has 0 N–H and O–H groups in total. The molecule has 0 spiro atoms. The van der Waals surface area contributed by atoms with Crippen LogP contribution in [0, 0.1) is 6.92 Å². The SMILES string of the molecule is Cc1ccc2c(CBr)cc3cc4c(cc3c2c1)OCO4. The summed E-state index contributed by atoms with van der Waals surface area (Å²) in [5, 5.41) is 5.82. The lowest BCUT2D eigenvalue weighted by Gasteiger charge is -2.10. The first-order valence-electron chi connectivity index (χ1n) is 6.58. The molecule has 0 bridgehead atoms. The van der Waals surface area contributed by atoms with Crippen LogP contribution in [-0.2, 0) is 5.33 Å². The van der Waals surface area contributed by atoms with Gasteiger partial charge >= 0.3 is 0 Å². The zero-order chi connectivity index (χ0) is 13.7. The molecule has 1 aliphatic heterocycles. The average Bonchev–Trinajstić information content (AvgIpc) is 2.91. The van der Waals surface area contributed by atoms with E-state index in [1.165, 1.54) is 32.7 Å². The number of hydrogen-bond acceptors (Lipinski definition) is 2. The van der Waals surface area contributed by atoms with E-state index in [1.54, 1.807) is 0 Å². The molecule has 0 atom stereocenters. The van der Waals surface area contributed by atoms with Gasteiger partial charge in [-0.1, -0.05) is 39.7 Å². The fourth-order valence-electron chi connectivity index (χ4n) is 2.85. The van der Waals surface area contributed by atoms with Crippen molar-refractivity contribution in [1.82, 2.24) is 0 Å². The van der Waals surface area contributed by atoms with Crippen LogP contribution >= 0.6 is 15.9 Å². The Morgan fingerprint density at radius 1 is 0.950 bits per heavy atom. The van der Waals surface area contributed by atoms with Crippen LogP contribution in [0.4, 0.5) is 0 Å². The van der Waals surface area contributed by atoms with Gasteiger partial charge in [-0.25, -0.2) is 0 Å². The Morgan fingerprint density at radius 2 is 1.75 bits per heavy atom. The minimum absolute atomic E-state index is 0.313. The maximum atomic E-state index is 5.51. The molecule has 100 valence electrons. The molecule has 0 amide bonds. The van der Waals surface area contributed by atoms with Gasteiger partial charge in [0.05, 0.1) is 0 Å². The molecule has 0 saturated heterocycles. The van der Waals surface area contributed by atoms with Gasteiger partial charge < -0.3 is 9.47 Å². The molecule has 4 rings (SSSR count). The minimum atomic E-state index is 0.313. The van der Waals surface area contributed by atoms with Crippen molar-refractivity contribution in [3.63, 3.8) is 0 Å². The second-order valence-corrected chi connectivity index (χ2v) is 5.71. The molecule has 0 aliphatic carbocycles. The maximum absolute atomic E-state index is 5.51. The maximum Gasteiger partial charge on any atom is 0.231 e. The molecule has 2 nitrogen and oxygen atoms in total. The van der Waals surface area contributed by atoms with Crippen LogP contribution in [0.5, 0.6) is 11.5 Å². The molecule has 0 aromatic heterocycles. The lowest BCUT2D eigenvalue weighted by molar-refractivity contribution is 0.174. The minimum Gasteiger partial charge on any atom is -0.454 e. The zero-order valence-corrected chi connectivity index (χ0v) is 12.7. The van der Waals surface area contributed by atoms with Crippen LogP contribution in [0.2, 0.25) is 0 Å². The molecule has 3 aromatic carbocycles. The first-order valence-corrected chi connectivity index (χ1v) is 7.70. The number of ether oxygens (including phenoxy) is 2. The molecule has 3 heteroatoms. The van der Waals surface area contributed by atoms with Crippen molar-refractivity contribution in [3.05, 3.63) is 47.5 Å². The van der Waals surface area contributed by atoms with E-state index >= 15 is 0 Å². The summed E-state index contributed by atoms with van der Waals surface area (Å²) in [6, 6.07) is 13.0. The Labute approximate surface area is 125 Å². The number of alkyl halides is 1. The molecule has 0 fully saturated rings. The monoisotopic (exact) mass is 328 g/mol. The summed E-state index contributed by atoms with van der Waals surface area (Å²) in [6.45, 7) is 2.44. The molecule has 1 heterocycles. The highest BCUT2D eigenvalue weighted by atomic mass is 79.9. The second kappa shape index (κ2) is 4.38. The third kappa shape index (κ3) is 1.70. The van der Waals surface area contributed by atoms with Gasteiger partial charge in [0, 0.05) is 5.33 Å². The lowest BCUT2D eigenvalue weighted by atomic mass is 9.96. The molecule has 0 radical (unpaired) electrons. The molecular formula is C17H13BrO2. The quantitative estimate of drug-likeness (QED) is 0.466. The summed E-state index contributed by atoms with van der Waals surface area (Å²) in [7, 11) is 0. The van der Waals surface area contributed by atoms with E-state index in [0.29, 0.717) is 6.79 Å². The van der Waals surface area contributed by atoms with Crippen LogP contribution in [0.3, 0.4) is 0 Å². The van der Waals surface area contributed by atoms with Crippen LogP contribution in [-0.4, -0.2) is 6.79 Å². The zero-order valence-electron chi connectivity index (χ0n) is 11.1. The van der Waals surface area contributed by atoms with Crippen molar-refractivity contribution in [1.29, 1.82) is 0 Å². The third-order valence-electron chi connectivity index (χ3n) is 3.83. The first-order chi connectivity index (χ1) is 9.76. The second-order valence-electron chi connectivity index (χ2n) is 5.14. The van der Waals surface area contributed by atoms with Crippen molar-refractivity contribution in [3.8, 4) is 11.5 Å². The number of rotatable bonds is 1. The van der Waals surface area contributed by atoms with Gasteiger partial charge in [0.15, 0.2) is 11.5 Å². The third-order valence-corrected chi connectivity index (χ3v) is 4.43. The topological polar surface area (TPSA) is 18.5 Å². The van der Waals surface area contributed by atoms with E-state index in [-0.39, 0.29) is 0 Å². The largest absolute Gasteiger partial charge is 0.454 e. The first kappa shape index (κ1) is 12.0. The summed E-state index contributed by atoms with van der Waals surface area (Å²) >= 11 is 3.59. The number of fused-ring (bicyclic) bond motifs is 4. The number of benzene rings is 3. The van der Waals surface area contributed by atoms with E-state index < -0.39 is 0 Å². The number of hydrogen-bond donors (Lipinski definition) is 0. The Kier molecular flexibility index (Phi) is 2.64. The Hall–Kier alpha value is -1.74. The molecule has 20 heavy (non-hydrogen) atoms. The van der Waals surface area contributed by atoms with E-state index in [0.717, 1.165) is 16.8 Å².